The monoisotopic (exact) mass is 311 g/mol. The number of carbonyl (C=O) groups excluding carboxylic acids is 2. The Morgan fingerprint density at radius 3 is 2.67 bits per heavy atom. The van der Waals surface area contributed by atoms with E-state index in [1.165, 1.54) is 0 Å². The Morgan fingerprint density at radius 1 is 1.38 bits per heavy atom. The summed E-state index contributed by atoms with van der Waals surface area (Å²) < 4.78 is 0. The van der Waals surface area contributed by atoms with Gasteiger partial charge in [-0.3, -0.25) is 9.59 Å². The van der Waals surface area contributed by atoms with E-state index < -0.39 is 5.91 Å². The first-order valence-corrected chi connectivity index (χ1v) is 7.05. The number of rotatable bonds is 5. The second-order valence-electron chi connectivity index (χ2n) is 5.09. The molecule has 0 radical (unpaired) electrons. The molecule has 0 spiro atoms. The van der Waals surface area contributed by atoms with Gasteiger partial charge in [0, 0.05) is 30.3 Å². The lowest BCUT2D eigenvalue weighted by atomic mass is 10.1. The Hall–Kier alpha value is -1.59. The van der Waals surface area contributed by atoms with Crippen LogP contribution in [0.3, 0.4) is 0 Å². The van der Waals surface area contributed by atoms with Gasteiger partial charge in [0.1, 0.15) is 0 Å². The maximum absolute atomic E-state index is 12.6. The van der Waals surface area contributed by atoms with Gasteiger partial charge in [0.15, 0.2) is 0 Å². The first-order chi connectivity index (χ1) is 9.63. The molecule has 6 heteroatoms. The highest BCUT2D eigenvalue weighted by molar-refractivity contribution is 5.99. The number of amides is 2. The average Bonchev–Trinajstić information content (AvgIpc) is 2.98. The van der Waals surface area contributed by atoms with E-state index in [0.717, 1.165) is 32.5 Å². The van der Waals surface area contributed by atoms with Crippen LogP contribution in [-0.4, -0.2) is 42.4 Å². The fourth-order valence-electron chi connectivity index (χ4n) is 2.57. The molecule has 1 unspecified atom stereocenters. The van der Waals surface area contributed by atoms with Crippen molar-refractivity contribution < 1.29 is 9.59 Å². The quantitative estimate of drug-likeness (QED) is 0.863. The number of nitrogens with zero attached hydrogens (tertiary/aromatic N) is 1. The molecule has 0 aromatic heterocycles. The molecule has 3 N–H and O–H groups in total. The second-order valence-corrected chi connectivity index (χ2v) is 5.09. The lowest BCUT2D eigenvalue weighted by Crippen LogP contribution is -2.42. The van der Waals surface area contributed by atoms with Crippen LogP contribution >= 0.6 is 12.4 Å². The van der Waals surface area contributed by atoms with Gasteiger partial charge in [-0.05, 0) is 37.6 Å². The number of hydrogen-bond acceptors (Lipinski definition) is 3. The molecule has 116 valence electrons. The Bertz CT molecular complexity index is 501. The van der Waals surface area contributed by atoms with E-state index in [4.69, 9.17) is 5.73 Å². The van der Waals surface area contributed by atoms with E-state index >= 15 is 0 Å². The molecule has 2 amide bonds. The lowest BCUT2D eigenvalue weighted by molar-refractivity contribution is 0.0692. The third-order valence-corrected chi connectivity index (χ3v) is 3.59. The van der Waals surface area contributed by atoms with Gasteiger partial charge in [0.25, 0.3) is 5.91 Å². The summed E-state index contributed by atoms with van der Waals surface area (Å²) in [5.41, 5.74) is 6.17. The third kappa shape index (κ3) is 4.19. The van der Waals surface area contributed by atoms with Crippen LogP contribution in [0.1, 0.15) is 40.5 Å². The van der Waals surface area contributed by atoms with Gasteiger partial charge in [-0.1, -0.05) is 13.0 Å². The number of hydrogen-bond donors (Lipinski definition) is 2. The summed E-state index contributed by atoms with van der Waals surface area (Å²) in [5, 5.41) is 3.28. The normalized spacial score (nSPS) is 17.1. The molecule has 0 saturated carbocycles. The van der Waals surface area contributed by atoms with Crippen molar-refractivity contribution in [1.82, 2.24) is 10.2 Å². The van der Waals surface area contributed by atoms with E-state index in [1.807, 2.05) is 4.90 Å². The van der Waals surface area contributed by atoms with E-state index in [9.17, 15) is 9.59 Å². The minimum atomic E-state index is -0.510. The third-order valence-electron chi connectivity index (χ3n) is 3.59. The zero-order valence-corrected chi connectivity index (χ0v) is 13.0. The van der Waals surface area contributed by atoms with Crippen LogP contribution in [0.4, 0.5) is 0 Å². The van der Waals surface area contributed by atoms with E-state index in [0.29, 0.717) is 11.1 Å². The fourth-order valence-corrected chi connectivity index (χ4v) is 2.57. The molecule has 1 heterocycles. The highest BCUT2D eigenvalue weighted by Gasteiger charge is 2.26. The molecule has 0 aliphatic carbocycles. The van der Waals surface area contributed by atoms with Crippen LogP contribution in [0.15, 0.2) is 24.3 Å². The molecule has 2 rings (SSSR count). The summed E-state index contributed by atoms with van der Waals surface area (Å²) >= 11 is 0. The van der Waals surface area contributed by atoms with Gasteiger partial charge in [0.05, 0.1) is 0 Å². The molecule has 0 bridgehead atoms. The van der Waals surface area contributed by atoms with Crippen LogP contribution in [0, 0.1) is 0 Å². The molecular formula is C15H22ClN3O2. The van der Waals surface area contributed by atoms with E-state index in [1.54, 1.807) is 24.3 Å². The average molecular weight is 312 g/mol. The predicted octanol–water partition coefficient (Wildman–Crippen LogP) is 1.42. The molecule has 21 heavy (non-hydrogen) atoms. The number of nitrogens with two attached hydrogens (primary N) is 1. The summed E-state index contributed by atoms with van der Waals surface area (Å²) in [7, 11) is 0. The van der Waals surface area contributed by atoms with Crippen LogP contribution in [0.2, 0.25) is 0 Å². The molecule has 1 aliphatic rings. The molecule has 1 aromatic carbocycles. The number of nitrogens with one attached hydrogen (secondary N) is 1. The van der Waals surface area contributed by atoms with Crippen LogP contribution in [0.5, 0.6) is 0 Å². The van der Waals surface area contributed by atoms with Crippen molar-refractivity contribution in [2.24, 2.45) is 5.73 Å². The van der Waals surface area contributed by atoms with Gasteiger partial charge in [-0.2, -0.15) is 0 Å². The van der Waals surface area contributed by atoms with Gasteiger partial charge < -0.3 is 16.0 Å². The van der Waals surface area contributed by atoms with Crippen molar-refractivity contribution >= 4 is 24.2 Å². The van der Waals surface area contributed by atoms with Crippen LogP contribution in [-0.2, 0) is 0 Å². The number of benzene rings is 1. The van der Waals surface area contributed by atoms with Crippen molar-refractivity contribution in [2.75, 3.05) is 19.6 Å². The molecule has 1 fully saturated rings. The molecular weight excluding hydrogens is 290 g/mol. The smallest absolute Gasteiger partial charge is 0.254 e. The highest BCUT2D eigenvalue weighted by Crippen LogP contribution is 2.15. The maximum atomic E-state index is 12.6. The summed E-state index contributed by atoms with van der Waals surface area (Å²) in [6.45, 7) is 4.56. The molecule has 1 atom stereocenters. The number of halogens is 1. The maximum Gasteiger partial charge on any atom is 0.254 e. The van der Waals surface area contributed by atoms with Crippen LogP contribution < -0.4 is 11.1 Å². The van der Waals surface area contributed by atoms with Crippen LogP contribution in [0.25, 0.3) is 0 Å². The minimum Gasteiger partial charge on any atom is -0.366 e. The Morgan fingerprint density at radius 2 is 2.10 bits per heavy atom. The summed E-state index contributed by atoms with van der Waals surface area (Å²) in [6.07, 6.45) is 1.89. The zero-order valence-electron chi connectivity index (χ0n) is 12.2. The fraction of sp³-hybridized carbons (Fsp3) is 0.467. The molecule has 1 aliphatic heterocycles. The molecule has 1 aromatic rings. The van der Waals surface area contributed by atoms with Gasteiger partial charge >= 0.3 is 0 Å². The summed E-state index contributed by atoms with van der Waals surface area (Å²) in [6, 6.07) is 6.87. The first-order valence-electron chi connectivity index (χ1n) is 7.05. The molecule has 5 nitrogen and oxygen atoms in total. The molecule has 1 saturated heterocycles. The van der Waals surface area contributed by atoms with Crippen molar-refractivity contribution in [1.29, 1.82) is 0 Å². The Balaban J connectivity index is 0.00000220. The van der Waals surface area contributed by atoms with Crippen molar-refractivity contribution in [2.45, 2.75) is 25.8 Å². The number of primary amides is 1. The standard InChI is InChI=1S/C15H21N3O2.ClH/c1-2-8-18(13-6-7-17-10-13)15(20)12-5-3-4-11(9-12)14(16)19;/h3-5,9,13,17H,2,6-8,10H2,1H3,(H2,16,19);1H. The van der Waals surface area contributed by atoms with Gasteiger partial charge in [-0.25, -0.2) is 0 Å². The second kappa shape index (κ2) is 8.00. The first kappa shape index (κ1) is 17.5. The largest absolute Gasteiger partial charge is 0.366 e. The predicted molar refractivity (Wildman–Crippen MR) is 84.8 cm³/mol. The lowest BCUT2D eigenvalue weighted by Gasteiger charge is -2.28. The summed E-state index contributed by atoms with van der Waals surface area (Å²) in [5.74, 6) is -0.534. The van der Waals surface area contributed by atoms with E-state index in [2.05, 4.69) is 12.2 Å². The van der Waals surface area contributed by atoms with Gasteiger partial charge in [-0.15, -0.1) is 12.4 Å². The van der Waals surface area contributed by atoms with E-state index in [-0.39, 0.29) is 24.4 Å². The SMILES string of the molecule is CCCN(C(=O)c1cccc(C(N)=O)c1)C1CCNC1.Cl. The summed E-state index contributed by atoms with van der Waals surface area (Å²) in [4.78, 5) is 25.8. The minimum absolute atomic E-state index is 0. The topological polar surface area (TPSA) is 75.4 Å². The zero-order chi connectivity index (χ0) is 14.5. The Kier molecular flexibility index (Phi) is 6.65. The Labute approximate surface area is 131 Å². The van der Waals surface area contributed by atoms with Crippen molar-refractivity contribution in [3.8, 4) is 0 Å². The van der Waals surface area contributed by atoms with Gasteiger partial charge in [0.2, 0.25) is 5.91 Å². The van der Waals surface area contributed by atoms with Crippen molar-refractivity contribution in [3.63, 3.8) is 0 Å². The number of carbonyl (C=O) groups is 2. The van der Waals surface area contributed by atoms with Crippen molar-refractivity contribution in [3.05, 3.63) is 35.4 Å². The highest BCUT2D eigenvalue weighted by atomic mass is 35.5.